The molecule has 84 valence electrons. The molecule has 0 radical (unpaired) electrons. The first kappa shape index (κ1) is 10.8. The first-order valence-corrected chi connectivity index (χ1v) is 5.50. The Morgan fingerprint density at radius 2 is 2.00 bits per heavy atom. The molecular weight excluding hydrogens is 226 g/mol. The van der Waals surface area contributed by atoms with Gasteiger partial charge in [0.2, 0.25) is 5.88 Å². The second kappa shape index (κ2) is 4.44. The van der Waals surface area contributed by atoms with Crippen LogP contribution in [0.5, 0.6) is 11.9 Å². The quantitative estimate of drug-likeness (QED) is 0.816. The van der Waals surface area contributed by atoms with Crippen LogP contribution in [0, 0.1) is 6.92 Å². The van der Waals surface area contributed by atoms with E-state index in [1.807, 2.05) is 12.3 Å². The van der Waals surface area contributed by atoms with Crippen molar-refractivity contribution in [3.63, 3.8) is 0 Å². The average molecular weight is 237 g/mol. The molecule has 0 saturated carbocycles. The van der Waals surface area contributed by atoms with Crippen LogP contribution < -0.4 is 9.47 Å². The van der Waals surface area contributed by atoms with Crippen LogP contribution in [0.15, 0.2) is 11.6 Å². The minimum Gasteiger partial charge on any atom is -0.480 e. The number of nitrogens with zero attached hydrogens (tertiary/aromatic N) is 3. The summed E-state index contributed by atoms with van der Waals surface area (Å²) in [6.07, 6.45) is 1.66. The van der Waals surface area contributed by atoms with Gasteiger partial charge in [0.05, 0.1) is 19.8 Å². The summed E-state index contributed by atoms with van der Waals surface area (Å²) in [4.78, 5) is 12.5. The van der Waals surface area contributed by atoms with Crippen molar-refractivity contribution in [1.82, 2.24) is 15.0 Å². The second-order valence-electron chi connectivity index (χ2n) is 3.07. The summed E-state index contributed by atoms with van der Waals surface area (Å²) in [5.41, 5.74) is 1.75. The first-order chi connectivity index (χ1) is 7.74. The number of aromatic nitrogens is 3. The molecule has 0 fully saturated rings. The minimum atomic E-state index is 0.286. The lowest BCUT2D eigenvalue weighted by Gasteiger charge is -2.05. The van der Waals surface area contributed by atoms with Crippen LogP contribution in [0.4, 0.5) is 0 Å². The van der Waals surface area contributed by atoms with Gasteiger partial charge in [0.25, 0.3) is 0 Å². The van der Waals surface area contributed by atoms with Gasteiger partial charge in [0.1, 0.15) is 5.01 Å². The summed E-state index contributed by atoms with van der Waals surface area (Å²) in [5.74, 6) is 0.473. The molecule has 0 N–H and O–H groups in total. The molecule has 0 bridgehead atoms. The Morgan fingerprint density at radius 3 is 2.56 bits per heavy atom. The summed E-state index contributed by atoms with van der Waals surface area (Å²) in [5, 5.41) is 2.82. The zero-order valence-corrected chi connectivity index (χ0v) is 10.0. The zero-order chi connectivity index (χ0) is 11.5. The molecule has 6 heteroatoms. The zero-order valence-electron chi connectivity index (χ0n) is 9.22. The number of rotatable bonds is 3. The van der Waals surface area contributed by atoms with Crippen LogP contribution in [-0.4, -0.2) is 29.2 Å². The molecular formula is C10H11N3O2S. The van der Waals surface area contributed by atoms with E-state index in [4.69, 9.17) is 9.47 Å². The largest absolute Gasteiger partial charge is 0.480 e. The topological polar surface area (TPSA) is 57.1 Å². The van der Waals surface area contributed by atoms with Gasteiger partial charge in [0, 0.05) is 17.3 Å². The van der Waals surface area contributed by atoms with Crippen LogP contribution in [0.1, 0.15) is 5.69 Å². The molecule has 0 aliphatic rings. The highest BCUT2D eigenvalue weighted by Gasteiger charge is 2.12. The van der Waals surface area contributed by atoms with E-state index >= 15 is 0 Å². The molecule has 2 heterocycles. The lowest BCUT2D eigenvalue weighted by molar-refractivity contribution is 0.353. The maximum atomic E-state index is 5.19. The van der Waals surface area contributed by atoms with Crippen LogP contribution >= 0.6 is 11.3 Å². The van der Waals surface area contributed by atoms with E-state index in [1.54, 1.807) is 13.3 Å². The minimum absolute atomic E-state index is 0.286. The third kappa shape index (κ3) is 1.96. The predicted octanol–water partition coefficient (Wildman–Crippen LogP) is 1.93. The Labute approximate surface area is 97.1 Å². The van der Waals surface area contributed by atoms with Crippen molar-refractivity contribution < 1.29 is 9.47 Å². The van der Waals surface area contributed by atoms with Crippen molar-refractivity contribution in [2.45, 2.75) is 6.92 Å². The fourth-order valence-corrected chi connectivity index (χ4v) is 2.03. The molecule has 0 amide bonds. The molecule has 0 unspecified atom stereocenters. The predicted molar refractivity (Wildman–Crippen MR) is 61.0 cm³/mol. The van der Waals surface area contributed by atoms with Gasteiger partial charge in [-0.2, -0.15) is 4.98 Å². The number of hydrogen-bond acceptors (Lipinski definition) is 6. The van der Waals surface area contributed by atoms with Gasteiger partial charge in [-0.05, 0) is 6.92 Å². The smallest absolute Gasteiger partial charge is 0.319 e. The van der Waals surface area contributed by atoms with E-state index in [1.165, 1.54) is 18.4 Å². The van der Waals surface area contributed by atoms with Crippen molar-refractivity contribution in [2.75, 3.05) is 14.2 Å². The molecule has 0 saturated heterocycles. The molecule has 0 spiro atoms. The molecule has 0 aromatic carbocycles. The van der Waals surface area contributed by atoms with Crippen molar-refractivity contribution in [1.29, 1.82) is 0 Å². The van der Waals surface area contributed by atoms with E-state index in [-0.39, 0.29) is 6.01 Å². The van der Waals surface area contributed by atoms with Crippen molar-refractivity contribution in [2.24, 2.45) is 0 Å². The normalized spacial score (nSPS) is 10.2. The van der Waals surface area contributed by atoms with Gasteiger partial charge >= 0.3 is 6.01 Å². The van der Waals surface area contributed by atoms with Gasteiger partial charge in [0.15, 0.2) is 0 Å². The number of aryl methyl sites for hydroxylation is 1. The summed E-state index contributed by atoms with van der Waals surface area (Å²) in [7, 11) is 3.08. The third-order valence-corrected chi connectivity index (χ3v) is 2.95. The van der Waals surface area contributed by atoms with Crippen molar-refractivity contribution >= 4 is 11.3 Å². The Bertz CT molecular complexity index is 499. The number of thiazole rings is 1. The van der Waals surface area contributed by atoms with E-state index in [0.717, 1.165) is 16.3 Å². The Balaban J connectivity index is 2.48. The fraction of sp³-hybridized carbons (Fsp3) is 0.300. The van der Waals surface area contributed by atoms with E-state index in [2.05, 4.69) is 15.0 Å². The highest BCUT2D eigenvalue weighted by atomic mass is 32.1. The highest BCUT2D eigenvalue weighted by Crippen LogP contribution is 2.30. The molecule has 5 nitrogen and oxygen atoms in total. The van der Waals surface area contributed by atoms with Gasteiger partial charge in [-0.25, -0.2) is 9.97 Å². The van der Waals surface area contributed by atoms with Gasteiger partial charge < -0.3 is 9.47 Å². The Hall–Kier alpha value is -1.69. The summed E-state index contributed by atoms with van der Waals surface area (Å²) < 4.78 is 10.1. The van der Waals surface area contributed by atoms with Gasteiger partial charge in [-0.3, -0.25) is 0 Å². The Kier molecular flexibility index (Phi) is 3.00. The van der Waals surface area contributed by atoms with Gasteiger partial charge in [-0.1, -0.05) is 0 Å². The molecule has 0 aliphatic carbocycles. The third-order valence-electron chi connectivity index (χ3n) is 1.96. The molecule has 2 aromatic heterocycles. The Morgan fingerprint density at radius 1 is 1.19 bits per heavy atom. The molecule has 0 atom stereocenters. The number of ether oxygens (including phenoxy) is 2. The lowest BCUT2D eigenvalue weighted by atomic mass is 10.3. The van der Waals surface area contributed by atoms with Crippen LogP contribution in [0.2, 0.25) is 0 Å². The lowest BCUT2D eigenvalue weighted by Crippen LogP contribution is -1.97. The molecule has 0 aliphatic heterocycles. The van der Waals surface area contributed by atoms with E-state index < -0.39 is 0 Å². The summed E-state index contributed by atoms with van der Waals surface area (Å²) in [6, 6.07) is 0.286. The number of hydrogen-bond donors (Lipinski definition) is 0. The fourth-order valence-electron chi connectivity index (χ4n) is 1.23. The first-order valence-electron chi connectivity index (χ1n) is 4.62. The monoisotopic (exact) mass is 237 g/mol. The summed E-state index contributed by atoms with van der Waals surface area (Å²) >= 11 is 1.53. The van der Waals surface area contributed by atoms with Crippen molar-refractivity contribution in [3.8, 4) is 22.5 Å². The van der Waals surface area contributed by atoms with Crippen LogP contribution in [0.3, 0.4) is 0 Å². The van der Waals surface area contributed by atoms with E-state index in [9.17, 15) is 0 Å². The average Bonchev–Trinajstić information content (AvgIpc) is 2.74. The SMILES string of the molecule is COc1ncc(-c2nc(C)cs2)c(OC)n1. The van der Waals surface area contributed by atoms with Gasteiger partial charge in [-0.15, -0.1) is 11.3 Å². The summed E-state index contributed by atoms with van der Waals surface area (Å²) in [6.45, 7) is 1.94. The van der Waals surface area contributed by atoms with Crippen molar-refractivity contribution in [3.05, 3.63) is 17.3 Å². The second-order valence-corrected chi connectivity index (χ2v) is 3.93. The molecule has 2 aromatic rings. The van der Waals surface area contributed by atoms with Crippen LogP contribution in [-0.2, 0) is 0 Å². The number of methoxy groups -OCH3 is 2. The maximum Gasteiger partial charge on any atom is 0.319 e. The standard InChI is InChI=1S/C10H11N3O2S/c1-6-5-16-9(12-6)7-4-11-10(15-3)13-8(7)14-2/h4-5H,1-3H3. The molecule has 16 heavy (non-hydrogen) atoms. The highest BCUT2D eigenvalue weighted by molar-refractivity contribution is 7.13. The van der Waals surface area contributed by atoms with E-state index in [0.29, 0.717) is 5.88 Å². The van der Waals surface area contributed by atoms with Crippen LogP contribution in [0.25, 0.3) is 10.6 Å². The molecule has 2 rings (SSSR count). The maximum absolute atomic E-state index is 5.19.